The lowest BCUT2D eigenvalue weighted by molar-refractivity contribution is 0.0141. The Hall–Kier alpha value is -3.88. The molecule has 4 amide bonds. The first-order valence-electron chi connectivity index (χ1n) is 13.7. The smallest absolute Gasteiger partial charge is 0.410 e. The van der Waals surface area contributed by atoms with E-state index in [2.05, 4.69) is 0 Å². The Morgan fingerprint density at radius 1 is 0.905 bits per heavy atom. The molecule has 10 heteroatoms. The quantitative estimate of drug-likeness (QED) is 0.296. The number of piperidine rings is 1. The van der Waals surface area contributed by atoms with Crippen LogP contribution >= 0.6 is 23.2 Å². The molecule has 0 unspecified atom stereocenters. The standard InChI is InChI=1S/C32H31Cl2N3O5/c1-32(2,3)42-31(41)35-15-13-23(14-16-35)36(19-20-7-5-4-6-8-20)28(38)21-9-11-24-25(17-21)30(40)37(29(24)39)27-18-22(33)10-12-26(27)34/h4-12,17-18,23H,13-16,19H2,1-3H3. The lowest BCUT2D eigenvalue weighted by Crippen LogP contribution is -2.49. The molecule has 3 aromatic rings. The topological polar surface area (TPSA) is 87.2 Å². The minimum Gasteiger partial charge on any atom is -0.444 e. The molecule has 0 saturated carbocycles. The van der Waals surface area contributed by atoms with E-state index < -0.39 is 17.4 Å². The minimum atomic E-state index is -0.594. The van der Waals surface area contributed by atoms with E-state index in [-0.39, 0.29) is 39.9 Å². The predicted octanol–water partition coefficient (Wildman–Crippen LogP) is 6.84. The molecule has 0 aromatic heterocycles. The molecule has 0 aliphatic carbocycles. The Bertz CT molecular complexity index is 1550. The predicted molar refractivity (Wildman–Crippen MR) is 161 cm³/mol. The number of fused-ring (bicyclic) bond motifs is 1. The zero-order valence-electron chi connectivity index (χ0n) is 23.6. The van der Waals surface area contributed by atoms with Gasteiger partial charge in [0.2, 0.25) is 0 Å². The fraction of sp³-hybridized carbons (Fsp3) is 0.312. The van der Waals surface area contributed by atoms with Gasteiger partial charge in [0.05, 0.1) is 21.8 Å². The van der Waals surface area contributed by atoms with Gasteiger partial charge in [0, 0.05) is 36.3 Å². The van der Waals surface area contributed by atoms with E-state index in [1.165, 1.54) is 24.3 Å². The van der Waals surface area contributed by atoms with Crippen molar-refractivity contribution in [2.45, 2.75) is 51.8 Å². The number of carbonyl (C=O) groups is 4. The maximum absolute atomic E-state index is 14.1. The number of halogens is 2. The van der Waals surface area contributed by atoms with Crippen molar-refractivity contribution in [3.8, 4) is 0 Å². The molecule has 8 nitrogen and oxygen atoms in total. The van der Waals surface area contributed by atoms with Gasteiger partial charge in [0.15, 0.2) is 0 Å². The van der Waals surface area contributed by atoms with E-state index in [1.54, 1.807) is 21.9 Å². The van der Waals surface area contributed by atoms with Gasteiger partial charge in [-0.05, 0) is 75.6 Å². The van der Waals surface area contributed by atoms with Crippen LogP contribution in [0.4, 0.5) is 10.5 Å². The van der Waals surface area contributed by atoms with Gasteiger partial charge >= 0.3 is 6.09 Å². The highest BCUT2D eigenvalue weighted by Crippen LogP contribution is 2.36. The van der Waals surface area contributed by atoms with Crippen molar-refractivity contribution in [2.75, 3.05) is 18.0 Å². The van der Waals surface area contributed by atoms with Gasteiger partial charge in [-0.15, -0.1) is 0 Å². The lowest BCUT2D eigenvalue weighted by Gasteiger charge is -2.39. The van der Waals surface area contributed by atoms with Gasteiger partial charge in [0.25, 0.3) is 17.7 Å². The third-order valence-electron chi connectivity index (χ3n) is 7.30. The zero-order valence-corrected chi connectivity index (χ0v) is 25.1. The molecule has 2 aliphatic rings. The molecular formula is C32H31Cl2N3O5. The van der Waals surface area contributed by atoms with Gasteiger partial charge in [-0.2, -0.15) is 0 Å². The number of nitrogens with zero attached hydrogens (tertiary/aromatic N) is 3. The molecule has 0 bridgehead atoms. The van der Waals surface area contributed by atoms with Crippen molar-refractivity contribution >= 4 is 52.7 Å². The summed E-state index contributed by atoms with van der Waals surface area (Å²) in [4.78, 5) is 57.8. The fourth-order valence-electron chi connectivity index (χ4n) is 5.25. The van der Waals surface area contributed by atoms with Gasteiger partial charge in [-0.1, -0.05) is 53.5 Å². The van der Waals surface area contributed by atoms with Crippen molar-refractivity contribution in [2.24, 2.45) is 0 Å². The Morgan fingerprint density at radius 2 is 1.57 bits per heavy atom. The average Bonchev–Trinajstić information content (AvgIpc) is 3.21. The summed E-state index contributed by atoms with van der Waals surface area (Å²) in [7, 11) is 0. The summed E-state index contributed by atoms with van der Waals surface area (Å²) in [5.41, 5.74) is 1.15. The Balaban J connectivity index is 1.40. The maximum atomic E-state index is 14.1. The SMILES string of the molecule is CC(C)(C)OC(=O)N1CCC(N(Cc2ccccc2)C(=O)c2ccc3c(c2)C(=O)N(c2cc(Cl)ccc2Cl)C3=O)CC1. The van der Waals surface area contributed by atoms with Crippen molar-refractivity contribution < 1.29 is 23.9 Å². The van der Waals surface area contributed by atoms with Gasteiger partial charge < -0.3 is 14.5 Å². The average molecular weight is 609 g/mol. The van der Waals surface area contributed by atoms with Crippen LogP contribution in [0.5, 0.6) is 0 Å². The molecule has 2 heterocycles. The minimum absolute atomic E-state index is 0.126. The third-order valence-corrected chi connectivity index (χ3v) is 7.85. The number of likely N-dealkylation sites (tertiary alicyclic amines) is 1. The van der Waals surface area contributed by atoms with Crippen molar-refractivity contribution in [1.82, 2.24) is 9.80 Å². The highest BCUT2D eigenvalue weighted by Gasteiger charge is 2.39. The number of anilines is 1. The molecule has 0 radical (unpaired) electrons. The summed E-state index contributed by atoms with van der Waals surface area (Å²) < 4.78 is 5.53. The molecule has 1 saturated heterocycles. The number of rotatable bonds is 5. The first-order chi connectivity index (χ1) is 19.9. The number of ether oxygens (including phenoxy) is 1. The van der Waals surface area contributed by atoms with E-state index in [0.717, 1.165) is 10.5 Å². The molecule has 218 valence electrons. The number of hydrogen-bond acceptors (Lipinski definition) is 5. The van der Waals surface area contributed by atoms with Gasteiger partial charge in [-0.3, -0.25) is 14.4 Å². The van der Waals surface area contributed by atoms with Crippen molar-refractivity contribution in [3.05, 3.63) is 99.0 Å². The normalized spacial score (nSPS) is 15.5. The molecule has 3 aromatic carbocycles. The monoisotopic (exact) mass is 607 g/mol. The van der Waals surface area contributed by atoms with Crippen molar-refractivity contribution in [1.29, 1.82) is 0 Å². The van der Waals surface area contributed by atoms with E-state index in [1.807, 2.05) is 51.1 Å². The van der Waals surface area contributed by atoms with Gasteiger partial charge in [0.1, 0.15) is 5.60 Å². The second kappa shape index (κ2) is 11.8. The summed E-state index contributed by atoms with van der Waals surface area (Å²) in [5, 5.41) is 0.535. The van der Waals surface area contributed by atoms with Crippen LogP contribution in [0.1, 0.15) is 70.3 Å². The summed E-state index contributed by atoms with van der Waals surface area (Å²) in [6.45, 7) is 6.74. The number of benzene rings is 3. The second-order valence-electron chi connectivity index (χ2n) is 11.4. The Morgan fingerprint density at radius 3 is 2.24 bits per heavy atom. The molecule has 0 spiro atoms. The molecular weight excluding hydrogens is 577 g/mol. The van der Waals surface area contributed by atoms with Crippen molar-refractivity contribution in [3.63, 3.8) is 0 Å². The Kier molecular flexibility index (Phi) is 8.30. The van der Waals surface area contributed by atoms with Gasteiger partial charge in [-0.25, -0.2) is 9.69 Å². The van der Waals surface area contributed by atoms with Crippen LogP contribution in [0.15, 0.2) is 66.7 Å². The molecule has 1 fully saturated rings. The molecule has 42 heavy (non-hydrogen) atoms. The summed E-state index contributed by atoms with van der Waals surface area (Å²) >= 11 is 12.4. The molecule has 2 aliphatic heterocycles. The number of hydrogen-bond donors (Lipinski definition) is 0. The molecule has 0 N–H and O–H groups in total. The summed E-state index contributed by atoms with van der Waals surface area (Å²) in [6, 6.07) is 18.6. The molecule has 0 atom stereocenters. The van der Waals surface area contributed by atoms with Crippen LogP contribution in [0.2, 0.25) is 10.0 Å². The summed E-state index contributed by atoms with van der Waals surface area (Å²) in [6.07, 6.45) is 0.774. The largest absolute Gasteiger partial charge is 0.444 e. The van der Waals surface area contributed by atoms with E-state index in [0.29, 0.717) is 43.1 Å². The Labute approximate surface area is 254 Å². The van der Waals surface area contributed by atoms with Crippen LogP contribution in [0.25, 0.3) is 0 Å². The summed E-state index contributed by atoms with van der Waals surface area (Å²) in [5.74, 6) is -1.38. The van der Waals surface area contributed by atoms with Crippen LogP contribution < -0.4 is 4.90 Å². The number of amides is 4. The van der Waals surface area contributed by atoms with Crippen LogP contribution in [0, 0.1) is 0 Å². The third kappa shape index (κ3) is 6.15. The fourth-order valence-corrected chi connectivity index (χ4v) is 5.62. The van der Waals surface area contributed by atoms with E-state index in [9.17, 15) is 19.2 Å². The first-order valence-corrected chi connectivity index (χ1v) is 14.5. The van der Waals surface area contributed by atoms with Crippen LogP contribution in [0.3, 0.4) is 0 Å². The highest BCUT2D eigenvalue weighted by atomic mass is 35.5. The first kappa shape index (κ1) is 29.6. The zero-order chi connectivity index (χ0) is 30.2. The van der Waals surface area contributed by atoms with E-state index >= 15 is 0 Å². The number of carbonyl (C=O) groups excluding carboxylic acids is 4. The van der Waals surface area contributed by atoms with E-state index in [4.69, 9.17) is 27.9 Å². The van der Waals surface area contributed by atoms with Crippen LogP contribution in [-0.4, -0.2) is 58.3 Å². The number of imide groups is 1. The maximum Gasteiger partial charge on any atom is 0.410 e. The molecule has 5 rings (SSSR count). The van der Waals surface area contributed by atoms with Crippen LogP contribution in [-0.2, 0) is 11.3 Å². The highest BCUT2D eigenvalue weighted by molar-refractivity contribution is 6.41. The lowest BCUT2D eigenvalue weighted by atomic mass is 9.99. The second-order valence-corrected chi connectivity index (χ2v) is 12.3.